The first kappa shape index (κ1) is 19.4. The molecule has 1 N–H and O–H groups in total. The monoisotopic (exact) mass is 395 g/mol. The minimum atomic E-state index is -0.914. The zero-order chi connectivity index (χ0) is 20.4. The van der Waals surface area contributed by atoms with Crippen molar-refractivity contribution in [3.05, 3.63) is 65.5 Å². The molecule has 0 atom stereocenters. The van der Waals surface area contributed by atoms with Crippen LogP contribution in [0.5, 0.6) is 0 Å². The van der Waals surface area contributed by atoms with Gasteiger partial charge in [-0.25, -0.2) is 4.39 Å². The Morgan fingerprint density at radius 2 is 1.66 bits per heavy atom. The van der Waals surface area contributed by atoms with Crippen LogP contribution < -0.4 is 10.2 Å². The van der Waals surface area contributed by atoms with Crippen LogP contribution in [-0.2, 0) is 16.1 Å². The highest BCUT2D eigenvalue weighted by Crippen LogP contribution is 2.47. The van der Waals surface area contributed by atoms with E-state index in [9.17, 15) is 14.0 Å². The molecule has 1 heterocycles. The Bertz CT molecular complexity index is 918. The summed E-state index contributed by atoms with van der Waals surface area (Å²) in [6.45, 7) is 4.57. The van der Waals surface area contributed by atoms with Gasteiger partial charge < -0.3 is 15.1 Å². The molecule has 1 saturated carbocycles. The SMILES string of the molecule is Cc1ccccc1CNC(=O)C1(C(=O)N2CCN(c3ccccc3F)CC2)CC1. The van der Waals surface area contributed by atoms with Gasteiger partial charge in [-0.15, -0.1) is 0 Å². The average molecular weight is 395 g/mol. The van der Waals surface area contributed by atoms with E-state index in [0.29, 0.717) is 51.3 Å². The summed E-state index contributed by atoms with van der Waals surface area (Å²) in [7, 11) is 0. The zero-order valence-electron chi connectivity index (χ0n) is 16.7. The molecule has 5 nitrogen and oxygen atoms in total. The molecule has 152 valence electrons. The molecule has 2 fully saturated rings. The number of benzene rings is 2. The highest BCUT2D eigenvalue weighted by atomic mass is 19.1. The molecular formula is C23H26FN3O2. The van der Waals surface area contributed by atoms with Gasteiger partial charge in [0.2, 0.25) is 11.8 Å². The van der Waals surface area contributed by atoms with Crippen LogP contribution in [0.25, 0.3) is 0 Å². The summed E-state index contributed by atoms with van der Waals surface area (Å²) in [5.41, 5.74) is 1.83. The van der Waals surface area contributed by atoms with E-state index in [2.05, 4.69) is 5.32 Å². The van der Waals surface area contributed by atoms with Crippen molar-refractivity contribution in [2.45, 2.75) is 26.3 Å². The van der Waals surface area contributed by atoms with Crippen molar-refractivity contribution in [1.29, 1.82) is 0 Å². The van der Waals surface area contributed by atoms with Crippen molar-refractivity contribution >= 4 is 17.5 Å². The quantitative estimate of drug-likeness (QED) is 0.792. The molecule has 29 heavy (non-hydrogen) atoms. The standard InChI is InChI=1S/C23H26FN3O2/c1-17-6-2-3-7-18(17)16-25-21(28)23(10-11-23)22(29)27-14-12-26(13-15-27)20-9-5-4-8-19(20)24/h2-9H,10-16H2,1H3,(H,25,28). The summed E-state index contributed by atoms with van der Waals surface area (Å²) in [5.74, 6) is -0.517. The molecule has 4 rings (SSSR count). The van der Waals surface area contributed by atoms with E-state index in [-0.39, 0.29) is 17.6 Å². The average Bonchev–Trinajstić information content (AvgIpc) is 3.55. The van der Waals surface area contributed by atoms with Crippen molar-refractivity contribution in [1.82, 2.24) is 10.2 Å². The van der Waals surface area contributed by atoms with Gasteiger partial charge in [-0.3, -0.25) is 9.59 Å². The summed E-state index contributed by atoms with van der Waals surface area (Å²) < 4.78 is 14.0. The summed E-state index contributed by atoms with van der Waals surface area (Å²) in [6.07, 6.45) is 1.19. The van der Waals surface area contributed by atoms with Gasteiger partial charge in [0.25, 0.3) is 0 Å². The van der Waals surface area contributed by atoms with Crippen molar-refractivity contribution < 1.29 is 14.0 Å². The molecule has 0 radical (unpaired) electrons. The Balaban J connectivity index is 1.35. The van der Waals surface area contributed by atoms with Crippen LogP contribution in [0.2, 0.25) is 0 Å². The minimum Gasteiger partial charge on any atom is -0.366 e. The number of carbonyl (C=O) groups is 2. The van der Waals surface area contributed by atoms with Crippen LogP contribution in [0.1, 0.15) is 24.0 Å². The van der Waals surface area contributed by atoms with Gasteiger partial charge in [-0.2, -0.15) is 0 Å². The van der Waals surface area contributed by atoms with E-state index in [0.717, 1.165) is 11.1 Å². The second-order valence-corrected chi connectivity index (χ2v) is 7.92. The number of nitrogens with zero attached hydrogens (tertiary/aromatic N) is 2. The predicted molar refractivity (Wildman–Crippen MR) is 110 cm³/mol. The molecule has 0 aromatic heterocycles. The Morgan fingerprint density at radius 1 is 1.00 bits per heavy atom. The molecule has 2 aliphatic rings. The minimum absolute atomic E-state index is 0.0898. The van der Waals surface area contributed by atoms with E-state index in [4.69, 9.17) is 0 Å². The second-order valence-electron chi connectivity index (χ2n) is 7.92. The van der Waals surface area contributed by atoms with E-state index < -0.39 is 5.41 Å². The summed E-state index contributed by atoms with van der Waals surface area (Å²) >= 11 is 0. The number of hydrogen-bond donors (Lipinski definition) is 1. The normalized spacial score (nSPS) is 17.7. The molecule has 0 bridgehead atoms. The fourth-order valence-electron chi connectivity index (χ4n) is 3.98. The van der Waals surface area contributed by atoms with Crippen molar-refractivity contribution in [2.75, 3.05) is 31.1 Å². The van der Waals surface area contributed by atoms with Gasteiger partial charge in [0.15, 0.2) is 0 Å². The first-order chi connectivity index (χ1) is 14.0. The molecule has 1 aliphatic heterocycles. The number of piperazine rings is 1. The van der Waals surface area contributed by atoms with Crippen LogP contribution in [-0.4, -0.2) is 42.9 Å². The molecule has 2 amide bonds. The Labute approximate surface area is 170 Å². The van der Waals surface area contributed by atoms with E-state index in [1.807, 2.05) is 42.2 Å². The van der Waals surface area contributed by atoms with Crippen LogP contribution in [0, 0.1) is 18.2 Å². The summed E-state index contributed by atoms with van der Waals surface area (Å²) in [4.78, 5) is 29.6. The largest absolute Gasteiger partial charge is 0.366 e. The molecule has 0 unspecified atom stereocenters. The molecule has 2 aromatic carbocycles. The van der Waals surface area contributed by atoms with Crippen LogP contribution in [0.4, 0.5) is 10.1 Å². The summed E-state index contributed by atoms with van der Waals surface area (Å²) in [6, 6.07) is 14.6. The second kappa shape index (κ2) is 7.85. The van der Waals surface area contributed by atoms with E-state index in [1.165, 1.54) is 6.07 Å². The number of hydrogen-bond acceptors (Lipinski definition) is 3. The maximum Gasteiger partial charge on any atom is 0.238 e. The Morgan fingerprint density at radius 3 is 2.31 bits per heavy atom. The van der Waals surface area contributed by atoms with Gasteiger partial charge in [-0.05, 0) is 43.0 Å². The molecular weight excluding hydrogens is 369 g/mol. The molecule has 0 spiro atoms. The fourth-order valence-corrected chi connectivity index (χ4v) is 3.98. The fraction of sp³-hybridized carbons (Fsp3) is 0.391. The number of anilines is 1. The lowest BCUT2D eigenvalue weighted by atomic mass is 10.0. The first-order valence-corrected chi connectivity index (χ1v) is 10.1. The molecule has 2 aromatic rings. The van der Waals surface area contributed by atoms with Gasteiger partial charge >= 0.3 is 0 Å². The number of nitrogens with one attached hydrogen (secondary N) is 1. The number of carbonyl (C=O) groups excluding carboxylic acids is 2. The van der Waals surface area contributed by atoms with Crippen molar-refractivity contribution in [2.24, 2.45) is 5.41 Å². The van der Waals surface area contributed by atoms with E-state index >= 15 is 0 Å². The third-order valence-electron chi connectivity index (χ3n) is 6.05. The first-order valence-electron chi connectivity index (χ1n) is 10.1. The number of halogens is 1. The van der Waals surface area contributed by atoms with Crippen LogP contribution in [0.15, 0.2) is 48.5 Å². The zero-order valence-corrected chi connectivity index (χ0v) is 16.7. The Hall–Kier alpha value is -2.89. The maximum absolute atomic E-state index is 14.0. The smallest absolute Gasteiger partial charge is 0.238 e. The maximum atomic E-state index is 14.0. The van der Waals surface area contributed by atoms with Crippen LogP contribution in [0.3, 0.4) is 0 Å². The van der Waals surface area contributed by atoms with Gasteiger partial charge in [0.05, 0.1) is 5.69 Å². The third-order valence-corrected chi connectivity index (χ3v) is 6.05. The number of rotatable bonds is 5. The summed E-state index contributed by atoms with van der Waals surface area (Å²) in [5, 5.41) is 2.96. The number of aryl methyl sites for hydroxylation is 1. The van der Waals surface area contributed by atoms with Crippen LogP contribution >= 0.6 is 0 Å². The lowest BCUT2D eigenvalue weighted by molar-refractivity contribution is -0.144. The molecule has 6 heteroatoms. The molecule has 1 aliphatic carbocycles. The number of amides is 2. The van der Waals surface area contributed by atoms with Gasteiger partial charge in [0, 0.05) is 32.7 Å². The van der Waals surface area contributed by atoms with E-state index in [1.54, 1.807) is 17.0 Å². The highest BCUT2D eigenvalue weighted by molar-refractivity contribution is 6.07. The lowest BCUT2D eigenvalue weighted by Gasteiger charge is -2.37. The van der Waals surface area contributed by atoms with Crippen molar-refractivity contribution in [3.63, 3.8) is 0 Å². The topological polar surface area (TPSA) is 52.7 Å². The lowest BCUT2D eigenvalue weighted by Crippen LogP contribution is -2.53. The van der Waals surface area contributed by atoms with Crippen molar-refractivity contribution in [3.8, 4) is 0 Å². The third kappa shape index (κ3) is 3.84. The van der Waals surface area contributed by atoms with Gasteiger partial charge in [0.1, 0.15) is 11.2 Å². The Kier molecular flexibility index (Phi) is 5.26. The predicted octanol–water partition coefficient (Wildman–Crippen LogP) is 2.88. The highest BCUT2D eigenvalue weighted by Gasteiger charge is 2.58. The molecule has 1 saturated heterocycles. The van der Waals surface area contributed by atoms with Gasteiger partial charge in [-0.1, -0.05) is 36.4 Å². The number of para-hydroxylation sites is 1.